The van der Waals surface area contributed by atoms with Crippen LogP contribution in [0.25, 0.3) is 16.9 Å². The first-order valence-corrected chi connectivity index (χ1v) is 8.19. The average Bonchev–Trinajstić information content (AvgIpc) is 2.92. The van der Waals surface area contributed by atoms with Crippen molar-refractivity contribution >= 4 is 11.3 Å². The molecule has 0 fully saturated rings. The molecular formula is C19H24N4. The van der Waals surface area contributed by atoms with Gasteiger partial charge in [0.2, 0.25) is 0 Å². The molecule has 3 aromatic rings. The monoisotopic (exact) mass is 308 g/mol. The van der Waals surface area contributed by atoms with Gasteiger partial charge < -0.3 is 15.0 Å². The number of rotatable bonds is 6. The van der Waals surface area contributed by atoms with Gasteiger partial charge in [-0.1, -0.05) is 31.5 Å². The van der Waals surface area contributed by atoms with Crippen LogP contribution in [0.15, 0.2) is 48.7 Å². The smallest absolute Gasteiger partial charge is 0.137 e. The molecule has 0 aliphatic carbocycles. The van der Waals surface area contributed by atoms with Crippen LogP contribution in [-0.2, 0) is 6.54 Å². The van der Waals surface area contributed by atoms with Gasteiger partial charge in [0.1, 0.15) is 5.65 Å². The Morgan fingerprint density at radius 3 is 2.65 bits per heavy atom. The number of nitrogens with zero attached hydrogens (tertiary/aromatic N) is 3. The number of nitrogen functional groups attached to an aromatic ring is 1. The first kappa shape index (κ1) is 15.6. The fourth-order valence-electron chi connectivity index (χ4n) is 2.83. The summed E-state index contributed by atoms with van der Waals surface area (Å²) in [5.74, 6) is 0. The molecule has 3 rings (SSSR count). The normalized spacial score (nSPS) is 11.4. The zero-order valence-corrected chi connectivity index (χ0v) is 13.9. The van der Waals surface area contributed by atoms with E-state index in [4.69, 9.17) is 10.7 Å². The minimum absolute atomic E-state index is 0.777. The molecule has 0 aliphatic heterocycles. The summed E-state index contributed by atoms with van der Waals surface area (Å²) in [4.78, 5) is 7.20. The van der Waals surface area contributed by atoms with Crippen molar-refractivity contribution in [3.05, 3.63) is 54.4 Å². The zero-order chi connectivity index (χ0) is 16.2. The van der Waals surface area contributed by atoms with Gasteiger partial charge in [0, 0.05) is 24.0 Å². The maximum atomic E-state index is 5.82. The molecule has 0 atom stereocenters. The highest BCUT2D eigenvalue weighted by Crippen LogP contribution is 2.26. The molecule has 0 bridgehead atoms. The summed E-state index contributed by atoms with van der Waals surface area (Å²) in [5, 5.41) is 0. The molecule has 0 spiro atoms. The lowest BCUT2D eigenvalue weighted by molar-refractivity contribution is 0.316. The van der Waals surface area contributed by atoms with E-state index in [1.807, 2.05) is 30.3 Å². The number of hydrogen-bond donors (Lipinski definition) is 1. The minimum atomic E-state index is 0.777. The number of benzene rings is 1. The Bertz CT molecular complexity index is 774. The lowest BCUT2D eigenvalue weighted by Gasteiger charge is -2.17. The first-order valence-electron chi connectivity index (χ1n) is 8.19. The van der Waals surface area contributed by atoms with Crippen molar-refractivity contribution in [2.75, 3.05) is 19.3 Å². The van der Waals surface area contributed by atoms with E-state index >= 15 is 0 Å². The van der Waals surface area contributed by atoms with Gasteiger partial charge in [0.25, 0.3) is 0 Å². The number of hydrogen-bond acceptors (Lipinski definition) is 3. The van der Waals surface area contributed by atoms with Crippen LogP contribution < -0.4 is 5.73 Å². The Morgan fingerprint density at radius 1 is 1.13 bits per heavy atom. The SMILES string of the molecule is CCCCN(C)Cc1c(-c2ccc(N)cc2)nc2ccccn12. The Morgan fingerprint density at radius 2 is 1.91 bits per heavy atom. The van der Waals surface area contributed by atoms with Gasteiger partial charge in [-0.3, -0.25) is 0 Å². The second kappa shape index (κ2) is 6.84. The third kappa shape index (κ3) is 3.37. The van der Waals surface area contributed by atoms with Gasteiger partial charge >= 0.3 is 0 Å². The summed E-state index contributed by atoms with van der Waals surface area (Å²) >= 11 is 0. The molecule has 0 unspecified atom stereocenters. The van der Waals surface area contributed by atoms with Crippen LogP contribution in [0.3, 0.4) is 0 Å². The van der Waals surface area contributed by atoms with Crippen molar-refractivity contribution in [1.29, 1.82) is 0 Å². The van der Waals surface area contributed by atoms with E-state index in [1.165, 1.54) is 18.5 Å². The molecule has 4 heteroatoms. The predicted octanol–water partition coefficient (Wildman–Crippen LogP) is 3.82. The Hall–Kier alpha value is -2.33. The second-order valence-corrected chi connectivity index (χ2v) is 6.05. The molecule has 0 aliphatic rings. The van der Waals surface area contributed by atoms with Crippen LogP contribution in [0.1, 0.15) is 25.5 Å². The first-order chi connectivity index (χ1) is 11.2. The van der Waals surface area contributed by atoms with E-state index < -0.39 is 0 Å². The van der Waals surface area contributed by atoms with Crippen molar-refractivity contribution in [3.8, 4) is 11.3 Å². The van der Waals surface area contributed by atoms with Gasteiger partial charge in [0.15, 0.2) is 0 Å². The van der Waals surface area contributed by atoms with E-state index in [0.29, 0.717) is 0 Å². The molecule has 4 nitrogen and oxygen atoms in total. The van der Waals surface area contributed by atoms with E-state index in [-0.39, 0.29) is 0 Å². The summed E-state index contributed by atoms with van der Waals surface area (Å²) in [5.41, 5.74) is 11.0. The Kier molecular flexibility index (Phi) is 4.63. The molecular weight excluding hydrogens is 284 g/mol. The van der Waals surface area contributed by atoms with Crippen molar-refractivity contribution in [3.63, 3.8) is 0 Å². The number of aromatic nitrogens is 2. The number of pyridine rings is 1. The van der Waals surface area contributed by atoms with Gasteiger partial charge in [-0.15, -0.1) is 0 Å². The third-order valence-electron chi connectivity index (χ3n) is 4.13. The lowest BCUT2D eigenvalue weighted by Crippen LogP contribution is -2.20. The van der Waals surface area contributed by atoms with Crippen LogP contribution in [0, 0.1) is 0 Å². The molecule has 2 heterocycles. The number of imidazole rings is 1. The maximum Gasteiger partial charge on any atom is 0.137 e. The molecule has 1 aromatic carbocycles. The van der Waals surface area contributed by atoms with E-state index in [0.717, 1.165) is 35.7 Å². The third-order valence-corrected chi connectivity index (χ3v) is 4.13. The van der Waals surface area contributed by atoms with Crippen molar-refractivity contribution in [1.82, 2.24) is 14.3 Å². The molecule has 2 N–H and O–H groups in total. The average molecular weight is 308 g/mol. The number of nitrogens with two attached hydrogens (primary N) is 1. The number of anilines is 1. The second-order valence-electron chi connectivity index (χ2n) is 6.05. The van der Waals surface area contributed by atoms with Gasteiger partial charge in [-0.25, -0.2) is 4.98 Å². The van der Waals surface area contributed by atoms with Crippen LogP contribution >= 0.6 is 0 Å². The summed E-state index contributed by atoms with van der Waals surface area (Å²) in [6.07, 6.45) is 4.51. The lowest BCUT2D eigenvalue weighted by atomic mass is 10.1. The van der Waals surface area contributed by atoms with Crippen LogP contribution in [-0.4, -0.2) is 27.9 Å². The fraction of sp³-hybridized carbons (Fsp3) is 0.316. The zero-order valence-electron chi connectivity index (χ0n) is 13.9. The maximum absolute atomic E-state index is 5.82. The Balaban J connectivity index is 2.02. The summed E-state index contributed by atoms with van der Waals surface area (Å²) in [7, 11) is 2.17. The summed E-state index contributed by atoms with van der Waals surface area (Å²) in [6, 6.07) is 14.1. The molecule has 23 heavy (non-hydrogen) atoms. The molecule has 2 aromatic heterocycles. The van der Waals surface area contributed by atoms with Crippen LogP contribution in [0.4, 0.5) is 5.69 Å². The Labute approximate surface area is 137 Å². The van der Waals surface area contributed by atoms with Crippen molar-refractivity contribution < 1.29 is 0 Å². The highest BCUT2D eigenvalue weighted by atomic mass is 15.1. The van der Waals surface area contributed by atoms with Gasteiger partial charge in [-0.05, 0) is 44.3 Å². The number of fused-ring (bicyclic) bond motifs is 1. The van der Waals surface area contributed by atoms with Gasteiger partial charge in [0.05, 0.1) is 11.4 Å². The quantitative estimate of drug-likeness (QED) is 0.704. The topological polar surface area (TPSA) is 46.6 Å². The minimum Gasteiger partial charge on any atom is -0.399 e. The molecule has 0 saturated carbocycles. The van der Waals surface area contributed by atoms with Crippen molar-refractivity contribution in [2.45, 2.75) is 26.3 Å². The van der Waals surface area contributed by atoms with Crippen LogP contribution in [0.2, 0.25) is 0 Å². The molecule has 120 valence electrons. The highest BCUT2D eigenvalue weighted by molar-refractivity contribution is 5.68. The van der Waals surface area contributed by atoms with E-state index in [9.17, 15) is 0 Å². The van der Waals surface area contributed by atoms with Crippen LogP contribution in [0.5, 0.6) is 0 Å². The summed E-state index contributed by atoms with van der Waals surface area (Å²) in [6.45, 7) is 4.20. The van der Waals surface area contributed by atoms with Crippen molar-refractivity contribution in [2.24, 2.45) is 0 Å². The largest absolute Gasteiger partial charge is 0.399 e. The molecule has 0 radical (unpaired) electrons. The number of unbranched alkanes of at least 4 members (excludes halogenated alkanes) is 1. The molecule has 0 saturated heterocycles. The van der Waals surface area contributed by atoms with E-state index in [1.54, 1.807) is 0 Å². The van der Waals surface area contributed by atoms with Gasteiger partial charge in [-0.2, -0.15) is 0 Å². The summed E-state index contributed by atoms with van der Waals surface area (Å²) < 4.78 is 2.19. The molecule has 0 amide bonds. The predicted molar refractivity (Wildman–Crippen MR) is 96.3 cm³/mol. The highest BCUT2D eigenvalue weighted by Gasteiger charge is 2.15. The standard InChI is InChI=1S/C19H24N4/c1-3-4-12-22(2)14-17-19(15-8-10-16(20)11-9-15)21-18-7-5-6-13-23(17)18/h5-11,13H,3-4,12,14,20H2,1-2H3. The van der Waals surface area contributed by atoms with E-state index in [2.05, 4.69) is 41.6 Å². The fourth-order valence-corrected chi connectivity index (χ4v) is 2.83.